The van der Waals surface area contributed by atoms with Gasteiger partial charge >= 0.3 is 0 Å². The van der Waals surface area contributed by atoms with E-state index >= 15 is 0 Å². The molecule has 3 atom stereocenters. The van der Waals surface area contributed by atoms with Crippen molar-refractivity contribution in [2.24, 2.45) is 0 Å². The van der Waals surface area contributed by atoms with E-state index in [1.807, 2.05) is 38.1 Å². The lowest BCUT2D eigenvalue weighted by Crippen LogP contribution is -2.53. The van der Waals surface area contributed by atoms with Crippen molar-refractivity contribution >= 4 is 17.5 Å². The lowest BCUT2D eigenvalue weighted by molar-refractivity contribution is -0.00431. The molecule has 60 heavy (non-hydrogen) atoms. The zero-order valence-corrected chi connectivity index (χ0v) is 35.2. The molecule has 5 heterocycles. The second-order valence-electron chi connectivity index (χ2n) is 17.0. The Morgan fingerprint density at radius 2 is 1.63 bits per heavy atom. The number of ether oxygens (including phenoxy) is 2. The molecule has 2 aliphatic heterocycles. The van der Waals surface area contributed by atoms with Crippen LogP contribution in [0.3, 0.4) is 0 Å². The number of nitrogens with zero attached hydrogens (tertiary/aromatic N) is 6. The van der Waals surface area contributed by atoms with Crippen LogP contribution in [0.2, 0.25) is 0 Å². The minimum Gasteiger partial charge on any atom is -0.438 e. The summed E-state index contributed by atoms with van der Waals surface area (Å²) in [5.74, 6) is -0.803. The third-order valence-electron chi connectivity index (χ3n) is 11.9. The van der Waals surface area contributed by atoms with Crippen molar-refractivity contribution in [2.75, 3.05) is 32.8 Å². The Hall–Kier alpha value is -5.28. The number of piperazine rings is 1. The van der Waals surface area contributed by atoms with Gasteiger partial charge in [-0.2, -0.15) is 5.10 Å². The smallest absolute Gasteiger partial charge is 0.257 e. The SMILES string of the molecule is Cc1cc(C)n2ncc(C(=O)NC3CCC(NC(=O)c4cc(F)cnc4Oc4cccc(-c5ccc(CN6C[C@@H](C)N[C@@H](C)C6)cc5CN5CCOCC5C)c4)CC3)c2n1. The van der Waals surface area contributed by atoms with Crippen LogP contribution in [0.1, 0.15) is 89.7 Å². The van der Waals surface area contributed by atoms with E-state index in [2.05, 4.69) is 85.9 Å². The van der Waals surface area contributed by atoms with Gasteiger partial charge in [0.05, 0.1) is 25.6 Å². The zero-order valence-electron chi connectivity index (χ0n) is 35.2. The predicted molar refractivity (Wildman–Crippen MR) is 228 cm³/mol. The van der Waals surface area contributed by atoms with Gasteiger partial charge in [0.25, 0.3) is 11.8 Å². The van der Waals surface area contributed by atoms with Crippen LogP contribution in [-0.2, 0) is 17.8 Å². The molecule has 2 aromatic carbocycles. The van der Waals surface area contributed by atoms with E-state index in [0.717, 1.165) is 61.4 Å². The highest BCUT2D eigenvalue weighted by atomic mass is 19.1. The standard InChI is InChI=1S/C46H56FN9O4/c1-28-17-31(4)56-43(51-28)42(22-49-56)45(58)53-38-12-10-37(11-13-38)52-44(57)41-20-36(47)21-48-46(41)60-39-8-6-7-34(19-39)40-14-9-33(25-54-23-29(2)50-30(3)24-54)18-35(40)26-55-15-16-59-27-32(55)5/h6-9,14,17-22,29-30,32,37-38,50H,10-13,15-16,23-27H2,1-5H3,(H,52,57)(H,53,58)/t29-,30+,32?,37?,38?. The van der Waals surface area contributed by atoms with Crippen molar-refractivity contribution in [1.82, 2.24) is 45.3 Å². The van der Waals surface area contributed by atoms with Crippen molar-refractivity contribution in [3.8, 4) is 22.8 Å². The van der Waals surface area contributed by atoms with Gasteiger partial charge in [-0.3, -0.25) is 19.4 Å². The Morgan fingerprint density at radius 1 is 0.900 bits per heavy atom. The summed E-state index contributed by atoms with van der Waals surface area (Å²) in [7, 11) is 0. The van der Waals surface area contributed by atoms with Crippen LogP contribution in [0.15, 0.2) is 67.0 Å². The van der Waals surface area contributed by atoms with E-state index in [4.69, 9.17) is 9.47 Å². The van der Waals surface area contributed by atoms with Gasteiger partial charge in [-0.15, -0.1) is 0 Å². The summed E-state index contributed by atoms with van der Waals surface area (Å²) < 4.78 is 28.4. The fourth-order valence-electron chi connectivity index (χ4n) is 9.05. The number of aryl methyl sites for hydroxylation is 2. The molecule has 2 amide bonds. The molecule has 14 heteroatoms. The van der Waals surface area contributed by atoms with E-state index in [0.29, 0.717) is 74.0 Å². The largest absolute Gasteiger partial charge is 0.438 e. The van der Waals surface area contributed by atoms with Crippen LogP contribution >= 0.6 is 0 Å². The quantitative estimate of drug-likeness (QED) is 0.141. The molecule has 0 spiro atoms. The number of pyridine rings is 1. The fourth-order valence-corrected chi connectivity index (χ4v) is 9.05. The summed E-state index contributed by atoms with van der Waals surface area (Å²) in [5, 5.41) is 14.2. The number of rotatable bonds is 11. The first-order valence-electron chi connectivity index (χ1n) is 21.2. The molecule has 1 unspecified atom stereocenters. The molecule has 3 aromatic heterocycles. The Labute approximate surface area is 351 Å². The third kappa shape index (κ3) is 9.68. The number of amides is 2. The normalized spacial score (nSPS) is 22.7. The topological polar surface area (TPSA) is 138 Å². The number of hydrogen-bond acceptors (Lipinski definition) is 10. The minimum absolute atomic E-state index is 0.0184. The van der Waals surface area contributed by atoms with Gasteiger partial charge in [0.1, 0.15) is 22.7 Å². The van der Waals surface area contributed by atoms with Crippen molar-refractivity contribution in [3.63, 3.8) is 0 Å². The van der Waals surface area contributed by atoms with Crippen LogP contribution in [-0.4, -0.2) is 104 Å². The summed E-state index contributed by atoms with van der Waals surface area (Å²) in [5.41, 5.74) is 7.27. The molecule has 0 radical (unpaired) electrons. The fraction of sp³-hybridized carbons (Fsp3) is 0.457. The molecule has 1 saturated carbocycles. The molecule has 2 saturated heterocycles. The van der Waals surface area contributed by atoms with Crippen LogP contribution in [0.4, 0.5) is 4.39 Å². The van der Waals surface area contributed by atoms with Crippen molar-refractivity contribution in [2.45, 2.75) is 104 Å². The highest BCUT2D eigenvalue weighted by Crippen LogP contribution is 2.33. The number of morpholine rings is 1. The molecule has 316 valence electrons. The van der Waals surface area contributed by atoms with E-state index < -0.39 is 11.7 Å². The van der Waals surface area contributed by atoms with Gasteiger partial charge in [0.2, 0.25) is 5.88 Å². The van der Waals surface area contributed by atoms with Gasteiger partial charge in [-0.05, 0) is 107 Å². The zero-order chi connectivity index (χ0) is 41.9. The number of nitrogens with one attached hydrogen (secondary N) is 3. The molecule has 0 bridgehead atoms. The lowest BCUT2D eigenvalue weighted by Gasteiger charge is -2.36. The van der Waals surface area contributed by atoms with Gasteiger partial charge in [0.15, 0.2) is 5.65 Å². The van der Waals surface area contributed by atoms with Crippen molar-refractivity contribution in [3.05, 3.63) is 106 Å². The molecule has 1 aliphatic carbocycles. The lowest BCUT2D eigenvalue weighted by atomic mass is 9.91. The second-order valence-corrected chi connectivity index (χ2v) is 17.0. The average Bonchev–Trinajstić information content (AvgIpc) is 3.64. The highest BCUT2D eigenvalue weighted by molar-refractivity contribution is 6.00. The predicted octanol–water partition coefficient (Wildman–Crippen LogP) is 6.21. The summed E-state index contributed by atoms with van der Waals surface area (Å²) >= 11 is 0. The van der Waals surface area contributed by atoms with Gasteiger partial charge < -0.3 is 25.4 Å². The van der Waals surface area contributed by atoms with E-state index in [1.165, 1.54) is 17.2 Å². The number of carbonyl (C=O) groups excluding carboxylic acids is 2. The molecule has 8 rings (SSSR count). The molecular formula is C46H56FN9O4. The highest BCUT2D eigenvalue weighted by Gasteiger charge is 2.28. The van der Waals surface area contributed by atoms with Gasteiger partial charge in [-0.25, -0.2) is 18.9 Å². The molecule has 3 aliphatic rings. The Morgan fingerprint density at radius 3 is 2.37 bits per heavy atom. The molecule has 3 N–H and O–H groups in total. The molecule has 3 fully saturated rings. The number of benzene rings is 2. The molecule has 13 nitrogen and oxygen atoms in total. The maximum atomic E-state index is 14.7. The molecule has 5 aromatic rings. The monoisotopic (exact) mass is 817 g/mol. The van der Waals surface area contributed by atoms with Crippen molar-refractivity contribution < 1.29 is 23.5 Å². The third-order valence-corrected chi connectivity index (χ3v) is 11.9. The first kappa shape index (κ1) is 41.5. The minimum atomic E-state index is -0.632. The summed E-state index contributed by atoms with van der Waals surface area (Å²) in [6.45, 7) is 16.5. The maximum absolute atomic E-state index is 14.7. The second kappa shape index (κ2) is 18.1. The molecular weight excluding hydrogens is 762 g/mol. The number of carbonyl (C=O) groups is 2. The first-order valence-corrected chi connectivity index (χ1v) is 21.2. The van der Waals surface area contributed by atoms with Crippen molar-refractivity contribution in [1.29, 1.82) is 0 Å². The Kier molecular flexibility index (Phi) is 12.5. The van der Waals surface area contributed by atoms with Crippen LogP contribution in [0, 0.1) is 19.7 Å². The van der Waals surface area contributed by atoms with Crippen LogP contribution < -0.4 is 20.7 Å². The Balaban J connectivity index is 0.943. The van der Waals surface area contributed by atoms with Gasteiger partial charge in [0, 0.05) is 74.3 Å². The van der Waals surface area contributed by atoms with E-state index in [9.17, 15) is 14.0 Å². The van der Waals surface area contributed by atoms with E-state index in [-0.39, 0.29) is 29.4 Å². The first-order chi connectivity index (χ1) is 28.9. The summed E-state index contributed by atoms with van der Waals surface area (Å²) in [6, 6.07) is 18.6. The Bertz CT molecular complexity index is 2330. The maximum Gasteiger partial charge on any atom is 0.257 e. The number of halogens is 1. The van der Waals surface area contributed by atoms with E-state index in [1.54, 1.807) is 10.7 Å². The summed E-state index contributed by atoms with van der Waals surface area (Å²) in [6.07, 6.45) is 5.23. The summed E-state index contributed by atoms with van der Waals surface area (Å²) in [4.78, 5) is 40.7. The van der Waals surface area contributed by atoms with Crippen LogP contribution in [0.25, 0.3) is 16.8 Å². The van der Waals surface area contributed by atoms with Gasteiger partial charge in [-0.1, -0.05) is 30.3 Å². The van der Waals surface area contributed by atoms with Crippen LogP contribution in [0.5, 0.6) is 11.6 Å². The average molecular weight is 818 g/mol. The number of hydrogen-bond donors (Lipinski definition) is 3. The number of aromatic nitrogens is 4. The number of fused-ring (bicyclic) bond motifs is 1.